The van der Waals surface area contributed by atoms with Crippen LogP contribution < -0.4 is 5.73 Å². The van der Waals surface area contributed by atoms with Gasteiger partial charge in [0.05, 0.1) is 6.54 Å². The molecule has 1 aliphatic rings. The van der Waals surface area contributed by atoms with Gasteiger partial charge >= 0.3 is 0 Å². The van der Waals surface area contributed by atoms with E-state index < -0.39 is 5.54 Å². The van der Waals surface area contributed by atoms with Crippen molar-refractivity contribution in [2.45, 2.75) is 32.2 Å². The van der Waals surface area contributed by atoms with Gasteiger partial charge in [-0.1, -0.05) is 41.4 Å². The second-order valence-electron chi connectivity index (χ2n) is 5.88. The van der Waals surface area contributed by atoms with Crippen LogP contribution in [0.2, 0.25) is 0 Å². The van der Waals surface area contributed by atoms with Gasteiger partial charge in [0.2, 0.25) is 0 Å². The Balaban J connectivity index is 2.44. The number of hydrogen-bond donors (Lipinski definition) is 1. The van der Waals surface area contributed by atoms with Crippen LogP contribution in [0.4, 0.5) is 0 Å². The molecule has 0 saturated carbocycles. The first-order valence-corrected chi connectivity index (χ1v) is 8.44. The predicted molar refractivity (Wildman–Crippen MR) is 93.0 cm³/mol. The van der Waals surface area contributed by atoms with Crippen LogP contribution in [0.3, 0.4) is 0 Å². The Morgan fingerprint density at radius 2 is 2.00 bits per heavy atom. The normalized spacial score (nSPS) is 24.2. The fraction of sp³-hybridized carbons (Fsp3) is 0.471. The van der Waals surface area contributed by atoms with Gasteiger partial charge in [0.25, 0.3) is 5.91 Å². The van der Waals surface area contributed by atoms with Crippen LogP contribution in [0.25, 0.3) is 0 Å². The van der Waals surface area contributed by atoms with Gasteiger partial charge in [-0.3, -0.25) is 4.79 Å². The average Bonchev–Trinajstić information content (AvgIpc) is 2.53. The predicted octanol–water partition coefficient (Wildman–Crippen LogP) is 3.04. The van der Waals surface area contributed by atoms with Crippen LogP contribution >= 0.6 is 15.9 Å². The van der Waals surface area contributed by atoms with Crippen molar-refractivity contribution in [1.29, 1.82) is 0 Å². The number of likely N-dealkylation sites (N-methyl/N-ethyl adjacent to an activating group) is 1. The van der Waals surface area contributed by atoms with Gasteiger partial charge in [0.1, 0.15) is 5.54 Å². The molecule has 22 heavy (non-hydrogen) atoms. The molecule has 0 aliphatic carbocycles. The summed E-state index contributed by atoms with van der Waals surface area (Å²) in [6.07, 6.45) is 3.68. The van der Waals surface area contributed by atoms with Crippen molar-refractivity contribution in [2.75, 3.05) is 20.1 Å². The monoisotopic (exact) mass is 365 g/mol. The summed E-state index contributed by atoms with van der Waals surface area (Å²) in [4.78, 5) is 17.0. The van der Waals surface area contributed by atoms with Crippen molar-refractivity contribution in [3.8, 4) is 0 Å². The summed E-state index contributed by atoms with van der Waals surface area (Å²) in [6, 6.07) is 7.93. The number of carbonyl (C=O) groups is 1. The lowest BCUT2D eigenvalue weighted by Gasteiger charge is -2.48. The molecule has 2 N–H and O–H groups in total. The Morgan fingerprint density at radius 3 is 2.55 bits per heavy atom. The molecule has 1 atom stereocenters. The highest BCUT2D eigenvalue weighted by Gasteiger charge is 2.46. The third kappa shape index (κ3) is 2.86. The number of nitrogens with two attached hydrogens (primary N) is 1. The van der Waals surface area contributed by atoms with Gasteiger partial charge < -0.3 is 15.5 Å². The first-order valence-electron chi connectivity index (χ1n) is 7.65. The maximum absolute atomic E-state index is 13.1. The van der Waals surface area contributed by atoms with E-state index in [2.05, 4.69) is 22.9 Å². The summed E-state index contributed by atoms with van der Waals surface area (Å²) in [5.41, 5.74) is 7.03. The quantitative estimate of drug-likeness (QED) is 0.891. The molecular weight excluding hydrogens is 342 g/mol. The highest BCUT2D eigenvalue weighted by Crippen LogP contribution is 2.36. The number of rotatable bonds is 4. The van der Waals surface area contributed by atoms with Gasteiger partial charge in [0, 0.05) is 30.0 Å². The summed E-state index contributed by atoms with van der Waals surface area (Å²) >= 11 is 3.45. The van der Waals surface area contributed by atoms with E-state index in [0.717, 1.165) is 35.1 Å². The third-order valence-corrected chi connectivity index (χ3v) is 5.07. The van der Waals surface area contributed by atoms with Gasteiger partial charge in [0.15, 0.2) is 0 Å². The summed E-state index contributed by atoms with van der Waals surface area (Å²) in [7, 11) is 1.94. The molecule has 0 bridgehead atoms. The lowest BCUT2D eigenvalue weighted by atomic mass is 9.86. The Kier molecular flexibility index (Phi) is 5.16. The van der Waals surface area contributed by atoms with E-state index in [4.69, 9.17) is 5.73 Å². The molecule has 0 spiro atoms. The molecule has 0 aromatic heterocycles. The summed E-state index contributed by atoms with van der Waals surface area (Å²) in [5.74, 6) is 0.136. The first-order chi connectivity index (χ1) is 10.4. The van der Waals surface area contributed by atoms with E-state index in [9.17, 15) is 4.79 Å². The molecule has 1 heterocycles. The molecular formula is C17H24BrN3O. The Morgan fingerprint density at radius 1 is 1.36 bits per heavy atom. The van der Waals surface area contributed by atoms with E-state index in [1.807, 2.05) is 48.0 Å². The molecule has 1 aromatic rings. The first kappa shape index (κ1) is 16.9. The van der Waals surface area contributed by atoms with Crippen molar-refractivity contribution >= 4 is 21.8 Å². The van der Waals surface area contributed by atoms with Crippen molar-refractivity contribution in [1.82, 2.24) is 9.80 Å². The Labute approximate surface area is 141 Å². The fourth-order valence-corrected chi connectivity index (χ4v) is 3.16. The lowest BCUT2D eigenvalue weighted by Crippen LogP contribution is -2.60. The van der Waals surface area contributed by atoms with Crippen LogP contribution in [-0.4, -0.2) is 35.8 Å². The second kappa shape index (κ2) is 6.73. The third-order valence-electron chi connectivity index (χ3n) is 4.54. The molecule has 5 heteroatoms. The van der Waals surface area contributed by atoms with Crippen LogP contribution in [0.1, 0.15) is 32.3 Å². The number of amides is 1. The standard InChI is InChI=1S/C17H24BrN3O/c1-4-5-10-21-12-15(11-19)20(3)17(2,16(21)22)13-6-8-14(18)9-7-13/h6-9,11H,4-5,10,12,19H2,1-3H3/b15-11-. The van der Waals surface area contributed by atoms with Crippen LogP contribution in [0.5, 0.6) is 0 Å². The van der Waals surface area contributed by atoms with E-state index in [1.54, 1.807) is 6.20 Å². The van der Waals surface area contributed by atoms with E-state index in [-0.39, 0.29) is 5.91 Å². The van der Waals surface area contributed by atoms with Crippen molar-refractivity contribution < 1.29 is 4.79 Å². The molecule has 0 radical (unpaired) electrons. The molecule has 120 valence electrons. The van der Waals surface area contributed by atoms with Crippen LogP contribution in [0.15, 0.2) is 40.6 Å². The minimum atomic E-state index is -0.724. The SMILES string of the molecule is CCCCN1C/C(=C/N)N(C)C(C)(c2ccc(Br)cc2)C1=O. The minimum Gasteiger partial charge on any atom is -0.403 e. The molecule has 1 aromatic carbocycles. The molecule has 1 saturated heterocycles. The Hall–Kier alpha value is -1.49. The van der Waals surface area contributed by atoms with Crippen LogP contribution in [0, 0.1) is 0 Å². The van der Waals surface area contributed by atoms with Crippen molar-refractivity contribution in [3.63, 3.8) is 0 Å². The second-order valence-corrected chi connectivity index (χ2v) is 6.79. The molecule has 1 fully saturated rings. The largest absolute Gasteiger partial charge is 0.403 e. The number of hydrogen-bond acceptors (Lipinski definition) is 3. The van der Waals surface area contributed by atoms with Gasteiger partial charge in [-0.15, -0.1) is 0 Å². The highest BCUT2D eigenvalue weighted by atomic mass is 79.9. The molecule has 1 amide bonds. The zero-order valence-corrected chi connectivity index (χ0v) is 15.1. The smallest absolute Gasteiger partial charge is 0.253 e. The molecule has 4 nitrogen and oxygen atoms in total. The molecule has 1 aliphatic heterocycles. The topological polar surface area (TPSA) is 49.6 Å². The van der Waals surface area contributed by atoms with Gasteiger partial charge in [-0.05, 0) is 31.0 Å². The van der Waals surface area contributed by atoms with E-state index in [1.165, 1.54) is 0 Å². The minimum absolute atomic E-state index is 0.136. The fourth-order valence-electron chi connectivity index (χ4n) is 2.90. The number of unbranched alkanes of at least 4 members (excludes halogenated alkanes) is 1. The van der Waals surface area contributed by atoms with Crippen molar-refractivity contribution in [3.05, 3.63) is 46.2 Å². The number of carbonyl (C=O) groups excluding carboxylic acids is 1. The highest BCUT2D eigenvalue weighted by molar-refractivity contribution is 9.10. The van der Waals surface area contributed by atoms with Gasteiger partial charge in [-0.25, -0.2) is 0 Å². The maximum atomic E-state index is 13.1. The van der Waals surface area contributed by atoms with Crippen LogP contribution in [-0.2, 0) is 10.3 Å². The number of nitrogens with zero attached hydrogens (tertiary/aromatic N) is 2. The van der Waals surface area contributed by atoms with Crippen molar-refractivity contribution in [2.24, 2.45) is 5.73 Å². The van der Waals surface area contributed by atoms with Gasteiger partial charge in [-0.2, -0.15) is 0 Å². The number of halogens is 1. The molecule has 1 unspecified atom stereocenters. The zero-order valence-electron chi connectivity index (χ0n) is 13.5. The van der Waals surface area contributed by atoms with E-state index >= 15 is 0 Å². The Bertz CT molecular complexity index is 570. The van der Waals surface area contributed by atoms with E-state index in [0.29, 0.717) is 6.54 Å². The molecule has 2 rings (SSSR count). The number of piperazine rings is 1. The summed E-state index contributed by atoms with van der Waals surface area (Å²) < 4.78 is 1.00. The zero-order chi connectivity index (χ0) is 16.3. The summed E-state index contributed by atoms with van der Waals surface area (Å²) in [5, 5.41) is 0. The summed E-state index contributed by atoms with van der Waals surface area (Å²) in [6.45, 7) is 5.46. The lowest BCUT2D eigenvalue weighted by molar-refractivity contribution is -0.146. The number of benzene rings is 1. The maximum Gasteiger partial charge on any atom is 0.253 e. The average molecular weight is 366 g/mol.